The van der Waals surface area contributed by atoms with Crippen molar-refractivity contribution in [2.75, 3.05) is 12.3 Å². The maximum atomic E-state index is 5.95. The van der Waals surface area contributed by atoms with Crippen molar-refractivity contribution in [2.45, 2.75) is 52.0 Å². The van der Waals surface area contributed by atoms with Crippen molar-refractivity contribution in [3.63, 3.8) is 0 Å². The average molecular weight is 235 g/mol. The number of nitrogens with zero attached hydrogens (tertiary/aromatic N) is 1. The summed E-state index contributed by atoms with van der Waals surface area (Å²) in [5, 5.41) is 3.52. The minimum Gasteiger partial charge on any atom is -0.383 e. The Morgan fingerprint density at radius 1 is 1.47 bits per heavy atom. The van der Waals surface area contributed by atoms with Gasteiger partial charge in [0.25, 0.3) is 0 Å². The number of anilines is 1. The molecule has 3 N–H and O–H groups in total. The van der Waals surface area contributed by atoms with Crippen LogP contribution in [-0.2, 0) is 5.41 Å². The van der Waals surface area contributed by atoms with Crippen LogP contribution in [-0.4, -0.2) is 17.6 Å². The number of nitrogens with two attached hydrogens (primary N) is 1. The van der Waals surface area contributed by atoms with Gasteiger partial charge < -0.3 is 11.1 Å². The lowest BCUT2D eigenvalue weighted by molar-refractivity contribution is 0.390. The zero-order valence-corrected chi connectivity index (χ0v) is 11.5. The largest absolute Gasteiger partial charge is 0.383 e. The highest BCUT2D eigenvalue weighted by Crippen LogP contribution is 2.31. The summed E-state index contributed by atoms with van der Waals surface area (Å²) < 4.78 is 0. The maximum absolute atomic E-state index is 5.95. The highest BCUT2D eigenvalue weighted by atomic mass is 14.9. The van der Waals surface area contributed by atoms with Gasteiger partial charge in [-0.05, 0) is 43.4 Å². The van der Waals surface area contributed by atoms with Crippen molar-refractivity contribution in [2.24, 2.45) is 0 Å². The summed E-state index contributed by atoms with van der Waals surface area (Å²) in [7, 11) is 0. The topological polar surface area (TPSA) is 50.9 Å². The zero-order valence-electron chi connectivity index (χ0n) is 11.5. The minimum absolute atomic E-state index is 0.0541. The molecule has 1 heterocycles. The molecule has 1 unspecified atom stereocenters. The minimum atomic E-state index is 0.0541. The van der Waals surface area contributed by atoms with Gasteiger partial charge in [-0.25, -0.2) is 4.98 Å². The van der Waals surface area contributed by atoms with Crippen LogP contribution in [0.5, 0.6) is 0 Å². The molecule has 0 amide bonds. The quantitative estimate of drug-likeness (QED) is 0.797. The van der Waals surface area contributed by atoms with E-state index in [1.165, 1.54) is 6.42 Å². The van der Waals surface area contributed by atoms with Gasteiger partial charge in [-0.15, -0.1) is 0 Å². The van der Waals surface area contributed by atoms with Gasteiger partial charge in [0.2, 0.25) is 0 Å². The number of hydrogen-bond donors (Lipinski definition) is 2. The summed E-state index contributed by atoms with van der Waals surface area (Å²) in [5.41, 5.74) is 7.15. The monoisotopic (exact) mass is 235 g/mol. The van der Waals surface area contributed by atoms with Crippen LogP contribution in [0.4, 0.5) is 5.82 Å². The molecule has 0 radical (unpaired) electrons. The van der Waals surface area contributed by atoms with Crippen LogP contribution in [0.3, 0.4) is 0 Å². The summed E-state index contributed by atoms with van der Waals surface area (Å²) >= 11 is 0. The van der Waals surface area contributed by atoms with Gasteiger partial charge in [0.15, 0.2) is 0 Å². The van der Waals surface area contributed by atoms with Crippen molar-refractivity contribution in [3.05, 3.63) is 23.9 Å². The first kappa shape index (κ1) is 14.0. The van der Waals surface area contributed by atoms with E-state index in [2.05, 4.69) is 44.1 Å². The van der Waals surface area contributed by atoms with E-state index in [4.69, 9.17) is 5.73 Å². The van der Waals surface area contributed by atoms with E-state index in [1.54, 1.807) is 6.20 Å². The van der Waals surface area contributed by atoms with Crippen LogP contribution < -0.4 is 11.1 Å². The Kier molecular flexibility index (Phi) is 4.94. The molecule has 96 valence electrons. The molecule has 1 rings (SSSR count). The maximum Gasteiger partial charge on any atom is 0.127 e. The third kappa shape index (κ3) is 4.00. The SMILES string of the molecule is CCCNC(C)CC(C)(C)c1cccnc1N. The molecule has 0 saturated heterocycles. The van der Waals surface area contributed by atoms with Gasteiger partial charge in [0, 0.05) is 12.2 Å². The van der Waals surface area contributed by atoms with Gasteiger partial charge in [-0.1, -0.05) is 26.8 Å². The molecule has 0 aliphatic rings. The van der Waals surface area contributed by atoms with Crippen LogP contribution in [0.2, 0.25) is 0 Å². The van der Waals surface area contributed by atoms with E-state index in [0.717, 1.165) is 18.5 Å². The normalized spacial score (nSPS) is 13.6. The van der Waals surface area contributed by atoms with Gasteiger partial charge in [0.05, 0.1) is 0 Å². The summed E-state index contributed by atoms with van der Waals surface area (Å²) in [6.07, 6.45) is 3.97. The van der Waals surface area contributed by atoms with Crippen LogP contribution in [0, 0.1) is 0 Å². The van der Waals surface area contributed by atoms with Gasteiger partial charge >= 0.3 is 0 Å². The molecule has 3 heteroatoms. The molecule has 0 fully saturated rings. The van der Waals surface area contributed by atoms with E-state index in [0.29, 0.717) is 11.9 Å². The molecule has 3 nitrogen and oxygen atoms in total. The van der Waals surface area contributed by atoms with E-state index in [-0.39, 0.29) is 5.41 Å². The summed E-state index contributed by atoms with van der Waals surface area (Å²) in [4.78, 5) is 4.17. The lowest BCUT2D eigenvalue weighted by Crippen LogP contribution is -2.34. The first-order valence-corrected chi connectivity index (χ1v) is 6.41. The number of rotatable bonds is 6. The Morgan fingerprint density at radius 2 is 2.18 bits per heavy atom. The predicted molar refractivity (Wildman–Crippen MR) is 74.0 cm³/mol. The second-order valence-corrected chi connectivity index (χ2v) is 5.38. The lowest BCUT2D eigenvalue weighted by Gasteiger charge is -2.29. The fourth-order valence-corrected chi connectivity index (χ4v) is 2.33. The lowest BCUT2D eigenvalue weighted by atomic mass is 9.79. The first-order valence-electron chi connectivity index (χ1n) is 6.41. The average Bonchev–Trinajstić information content (AvgIpc) is 2.26. The highest BCUT2D eigenvalue weighted by Gasteiger charge is 2.25. The molecule has 1 aromatic rings. The van der Waals surface area contributed by atoms with Gasteiger partial charge in [-0.2, -0.15) is 0 Å². The Balaban J connectivity index is 2.71. The second kappa shape index (κ2) is 6.01. The molecule has 1 atom stereocenters. The molecule has 17 heavy (non-hydrogen) atoms. The molecule has 0 aliphatic heterocycles. The molecule has 0 bridgehead atoms. The van der Waals surface area contributed by atoms with Crippen molar-refractivity contribution in [1.29, 1.82) is 0 Å². The molecular weight excluding hydrogens is 210 g/mol. The smallest absolute Gasteiger partial charge is 0.127 e. The molecule has 0 saturated carbocycles. The summed E-state index contributed by atoms with van der Waals surface area (Å²) in [5.74, 6) is 0.653. The molecule has 0 spiro atoms. The fourth-order valence-electron chi connectivity index (χ4n) is 2.33. The van der Waals surface area contributed by atoms with Crippen LogP contribution in [0.25, 0.3) is 0 Å². The van der Waals surface area contributed by atoms with Crippen molar-refractivity contribution in [3.8, 4) is 0 Å². The van der Waals surface area contributed by atoms with Crippen LogP contribution in [0.1, 0.15) is 46.1 Å². The number of nitrogens with one attached hydrogen (secondary N) is 1. The van der Waals surface area contributed by atoms with Crippen LogP contribution in [0.15, 0.2) is 18.3 Å². The van der Waals surface area contributed by atoms with Crippen molar-refractivity contribution >= 4 is 5.82 Å². The van der Waals surface area contributed by atoms with E-state index in [9.17, 15) is 0 Å². The molecule has 0 aromatic carbocycles. The Morgan fingerprint density at radius 3 is 2.76 bits per heavy atom. The van der Waals surface area contributed by atoms with Crippen LogP contribution >= 0.6 is 0 Å². The third-order valence-corrected chi connectivity index (χ3v) is 3.13. The summed E-state index contributed by atoms with van der Waals surface area (Å²) in [6.45, 7) is 9.93. The van der Waals surface area contributed by atoms with E-state index >= 15 is 0 Å². The highest BCUT2D eigenvalue weighted by molar-refractivity contribution is 5.43. The zero-order chi connectivity index (χ0) is 12.9. The van der Waals surface area contributed by atoms with E-state index < -0.39 is 0 Å². The number of aromatic nitrogens is 1. The molecular formula is C14H25N3. The van der Waals surface area contributed by atoms with Crippen molar-refractivity contribution < 1.29 is 0 Å². The van der Waals surface area contributed by atoms with Gasteiger partial charge in [0.1, 0.15) is 5.82 Å². The Labute approximate surface area is 105 Å². The van der Waals surface area contributed by atoms with Gasteiger partial charge in [-0.3, -0.25) is 0 Å². The third-order valence-electron chi connectivity index (χ3n) is 3.13. The number of pyridine rings is 1. The molecule has 1 aromatic heterocycles. The first-order chi connectivity index (χ1) is 7.97. The summed E-state index contributed by atoms with van der Waals surface area (Å²) in [6, 6.07) is 4.52. The van der Waals surface area contributed by atoms with Crippen molar-refractivity contribution in [1.82, 2.24) is 10.3 Å². The number of nitrogen functional groups attached to an aromatic ring is 1. The Hall–Kier alpha value is -1.09. The second-order valence-electron chi connectivity index (χ2n) is 5.38. The molecule has 0 aliphatic carbocycles. The Bertz CT molecular complexity index is 347. The standard InChI is InChI=1S/C14H25N3/c1-5-8-16-11(2)10-14(3,4)12-7-6-9-17-13(12)15/h6-7,9,11,16H,5,8,10H2,1-4H3,(H2,15,17). The van der Waals surface area contributed by atoms with E-state index in [1.807, 2.05) is 6.07 Å². The fraction of sp³-hybridized carbons (Fsp3) is 0.643. The number of hydrogen-bond acceptors (Lipinski definition) is 3. The predicted octanol–water partition coefficient (Wildman–Crippen LogP) is 2.72.